The Morgan fingerprint density at radius 3 is 2.57 bits per heavy atom. The summed E-state index contributed by atoms with van der Waals surface area (Å²) in [4.78, 5) is 4.58. The molecule has 0 aliphatic carbocycles. The van der Waals surface area contributed by atoms with Crippen LogP contribution in [0.1, 0.15) is 22.5 Å². The normalized spacial score (nSPS) is 11.0. The lowest BCUT2D eigenvalue weighted by Gasteiger charge is -2.04. The van der Waals surface area contributed by atoms with Crippen molar-refractivity contribution in [1.82, 2.24) is 14.6 Å². The summed E-state index contributed by atoms with van der Waals surface area (Å²) in [6, 6.07) is 9.95. The third-order valence-electron chi connectivity index (χ3n) is 3.56. The van der Waals surface area contributed by atoms with Crippen molar-refractivity contribution in [3.63, 3.8) is 0 Å². The van der Waals surface area contributed by atoms with Crippen LogP contribution in [0.4, 0.5) is 5.82 Å². The number of hydrogen-bond acceptors (Lipinski definition) is 4. The van der Waals surface area contributed by atoms with Gasteiger partial charge in [-0.3, -0.25) is 0 Å². The number of anilines is 1. The van der Waals surface area contributed by atoms with Crippen LogP contribution in [0.3, 0.4) is 0 Å². The molecule has 3 rings (SSSR count). The van der Waals surface area contributed by atoms with Crippen molar-refractivity contribution >= 4 is 11.5 Å². The highest BCUT2D eigenvalue weighted by Crippen LogP contribution is 2.22. The standard InChI is InChI=1S/C16H18N4O/c1-10-8-11(2)20-16(18-10)14(15(17)19-20)9-12-4-6-13(21-3)7-5-12/h4-8H,9H2,1-3H3,(H2,17,19). The van der Waals surface area contributed by atoms with Crippen LogP contribution in [0.5, 0.6) is 5.75 Å². The average Bonchev–Trinajstić information content (AvgIpc) is 2.77. The molecule has 5 nitrogen and oxygen atoms in total. The Hall–Kier alpha value is -2.56. The quantitative estimate of drug-likeness (QED) is 0.801. The number of rotatable bonds is 3. The molecule has 0 aliphatic rings. The summed E-state index contributed by atoms with van der Waals surface area (Å²) in [5.41, 5.74) is 11.0. The van der Waals surface area contributed by atoms with Crippen LogP contribution in [0, 0.1) is 13.8 Å². The van der Waals surface area contributed by atoms with E-state index in [4.69, 9.17) is 10.5 Å². The number of nitrogens with two attached hydrogens (primary N) is 1. The summed E-state index contributed by atoms with van der Waals surface area (Å²) in [5, 5.41) is 4.39. The summed E-state index contributed by atoms with van der Waals surface area (Å²) in [6.07, 6.45) is 0.704. The Labute approximate surface area is 123 Å². The SMILES string of the molecule is COc1ccc(Cc2c(N)nn3c(C)cc(C)nc23)cc1. The van der Waals surface area contributed by atoms with E-state index in [9.17, 15) is 0 Å². The summed E-state index contributed by atoms with van der Waals surface area (Å²) in [6.45, 7) is 3.98. The molecule has 108 valence electrons. The number of aromatic nitrogens is 3. The lowest BCUT2D eigenvalue weighted by molar-refractivity contribution is 0.414. The largest absolute Gasteiger partial charge is 0.497 e. The maximum atomic E-state index is 6.08. The third kappa shape index (κ3) is 2.42. The zero-order valence-corrected chi connectivity index (χ0v) is 12.4. The van der Waals surface area contributed by atoms with E-state index in [2.05, 4.69) is 10.1 Å². The van der Waals surface area contributed by atoms with E-state index in [1.807, 2.05) is 44.2 Å². The Bertz CT molecular complexity index is 790. The molecule has 0 radical (unpaired) electrons. The van der Waals surface area contributed by atoms with Gasteiger partial charge in [-0.2, -0.15) is 0 Å². The molecule has 5 heteroatoms. The number of benzene rings is 1. The highest BCUT2D eigenvalue weighted by Gasteiger charge is 2.14. The molecule has 1 aromatic carbocycles. The zero-order valence-electron chi connectivity index (χ0n) is 12.4. The van der Waals surface area contributed by atoms with Gasteiger partial charge in [-0.15, -0.1) is 5.10 Å². The zero-order chi connectivity index (χ0) is 15.0. The molecule has 21 heavy (non-hydrogen) atoms. The highest BCUT2D eigenvalue weighted by atomic mass is 16.5. The van der Waals surface area contributed by atoms with Gasteiger partial charge in [0.2, 0.25) is 0 Å². The molecular weight excluding hydrogens is 264 g/mol. The van der Waals surface area contributed by atoms with E-state index in [1.165, 1.54) is 0 Å². The first-order chi connectivity index (χ1) is 10.1. The van der Waals surface area contributed by atoms with Crippen LogP contribution < -0.4 is 10.5 Å². The predicted molar refractivity (Wildman–Crippen MR) is 82.7 cm³/mol. The fourth-order valence-corrected chi connectivity index (χ4v) is 2.50. The molecular formula is C16H18N4O. The Morgan fingerprint density at radius 1 is 1.19 bits per heavy atom. The van der Waals surface area contributed by atoms with E-state index in [1.54, 1.807) is 11.6 Å². The highest BCUT2D eigenvalue weighted by molar-refractivity contribution is 5.61. The van der Waals surface area contributed by atoms with E-state index in [0.717, 1.165) is 33.9 Å². The number of ether oxygens (including phenoxy) is 1. The second-order valence-corrected chi connectivity index (χ2v) is 5.16. The Morgan fingerprint density at radius 2 is 1.90 bits per heavy atom. The minimum Gasteiger partial charge on any atom is -0.497 e. The second kappa shape index (κ2) is 5.09. The Kier molecular flexibility index (Phi) is 3.25. The van der Waals surface area contributed by atoms with Gasteiger partial charge in [-0.25, -0.2) is 9.50 Å². The van der Waals surface area contributed by atoms with Crippen molar-refractivity contribution in [2.24, 2.45) is 0 Å². The van der Waals surface area contributed by atoms with Crippen LogP contribution in [0.2, 0.25) is 0 Å². The molecule has 3 aromatic rings. The van der Waals surface area contributed by atoms with Gasteiger partial charge in [-0.05, 0) is 37.6 Å². The van der Waals surface area contributed by atoms with Crippen molar-refractivity contribution in [1.29, 1.82) is 0 Å². The first kappa shape index (κ1) is 13.4. The van der Waals surface area contributed by atoms with Crippen LogP contribution >= 0.6 is 0 Å². The molecule has 0 spiro atoms. The molecule has 0 amide bonds. The van der Waals surface area contributed by atoms with Gasteiger partial charge >= 0.3 is 0 Å². The molecule has 0 unspecified atom stereocenters. The molecule has 0 saturated heterocycles. The molecule has 0 atom stereocenters. The van der Waals surface area contributed by atoms with E-state index in [-0.39, 0.29) is 0 Å². The first-order valence-corrected chi connectivity index (χ1v) is 6.82. The van der Waals surface area contributed by atoms with E-state index in [0.29, 0.717) is 12.2 Å². The van der Waals surface area contributed by atoms with Gasteiger partial charge in [0.1, 0.15) is 5.75 Å². The first-order valence-electron chi connectivity index (χ1n) is 6.82. The number of methoxy groups -OCH3 is 1. The van der Waals surface area contributed by atoms with Gasteiger partial charge in [0.25, 0.3) is 0 Å². The number of aryl methyl sites for hydroxylation is 2. The Balaban J connectivity index is 2.05. The van der Waals surface area contributed by atoms with Gasteiger partial charge in [0.05, 0.1) is 7.11 Å². The number of nitrogens with zero attached hydrogens (tertiary/aromatic N) is 3. The molecule has 0 bridgehead atoms. The molecule has 2 aromatic heterocycles. The van der Waals surface area contributed by atoms with Gasteiger partial charge in [0, 0.05) is 23.4 Å². The molecule has 2 N–H and O–H groups in total. The smallest absolute Gasteiger partial charge is 0.161 e. The third-order valence-corrected chi connectivity index (χ3v) is 3.56. The second-order valence-electron chi connectivity index (χ2n) is 5.16. The predicted octanol–water partition coefficient (Wildman–Crippen LogP) is 2.53. The lowest BCUT2D eigenvalue weighted by Crippen LogP contribution is -1.98. The number of fused-ring (bicyclic) bond motifs is 1. The lowest BCUT2D eigenvalue weighted by atomic mass is 10.1. The maximum absolute atomic E-state index is 6.08. The van der Waals surface area contributed by atoms with E-state index >= 15 is 0 Å². The van der Waals surface area contributed by atoms with Crippen LogP contribution in [-0.4, -0.2) is 21.7 Å². The molecule has 2 heterocycles. The summed E-state index contributed by atoms with van der Waals surface area (Å²) < 4.78 is 6.98. The summed E-state index contributed by atoms with van der Waals surface area (Å²) in [5.74, 6) is 1.38. The van der Waals surface area contributed by atoms with Crippen molar-refractivity contribution in [3.8, 4) is 5.75 Å². The van der Waals surface area contributed by atoms with Crippen molar-refractivity contribution in [2.45, 2.75) is 20.3 Å². The molecule has 0 fully saturated rings. The topological polar surface area (TPSA) is 65.4 Å². The fourth-order valence-electron chi connectivity index (χ4n) is 2.50. The average molecular weight is 282 g/mol. The number of hydrogen-bond donors (Lipinski definition) is 1. The van der Waals surface area contributed by atoms with Gasteiger partial charge in [0.15, 0.2) is 11.5 Å². The minimum absolute atomic E-state index is 0.534. The van der Waals surface area contributed by atoms with Crippen LogP contribution in [0.25, 0.3) is 5.65 Å². The van der Waals surface area contributed by atoms with Crippen molar-refractivity contribution in [2.75, 3.05) is 12.8 Å². The number of nitrogen functional groups attached to an aromatic ring is 1. The molecule has 0 saturated carbocycles. The van der Waals surface area contributed by atoms with Gasteiger partial charge in [-0.1, -0.05) is 12.1 Å². The van der Waals surface area contributed by atoms with Crippen molar-refractivity contribution in [3.05, 3.63) is 52.8 Å². The fraction of sp³-hybridized carbons (Fsp3) is 0.250. The minimum atomic E-state index is 0.534. The van der Waals surface area contributed by atoms with Crippen LogP contribution in [0.15, 0.2) is 30.3 Å². The van der Waals surface area contributed by atoms with Crippen LogP contribution in [-0.2, 0) is 6.42 Å². The summed E-state index contributed by atoms with van der Waals surface area (Å²) >= 11 is 0. The van der Waals surface area contributed by atoms with Crippen molar-refractivity contribution < 1.29 is 4.74 Å². The summed E-state index contributed by atoms with van der Waals surface area (Å²) in [7, 11) is 1.66. The molecule has 0 aliphatic heterocycles. The van der Waals surface area contributed by atoms with Gasteiger partial charge < -0.3 is 10.5 Å². The van der Waals surface area contributed by atoms with E-state index < -0.39 is 0 Å². The monoisotopic (exact) mass is 282 g/mol. The maximum Gasteiger partial charge on any atom is 0.161 e.